The molecule has 5 rings (SSSR count). The van der Waals surface area contributed by atoms with E-state index in [4.69, 9.17) is 0 Å². The predicted molar refractivity (Wildman–Crippen MR) is 115 cm³/mol. The molecule has 0 saturated heterocycles. The highest BCUT2D eigenvalue weighted by Crippen LogP contribution is 2.42. The summed E-state index contributed by atoms with van der Waals surface area (Å²) in [5.41, 5.74) is 1.91. The Balaban J connectivity index is 1.34. The van der Waals surface area contributed by atoms with Gasteiger partial charge in [0.25, 0.3) is 10.0 Å². The number of rotatable bonds is 4. The van der Waals surface area contributed by atoms with E-state index in [9.17, 15) is 18.0 Å². The summed E-state index contributed by atoms with van der Waals surface area (Å²) in [6.45, 7) is 0.159. The van der Waals surface area contributed by atoms with E-state index in [1.807, 2.05) is 24.3 Å². The van der Waals surface area contributed by atoms with E-state index < -0.39 is 10.0 Å². The van der Waals surface area contributed by atoms with Gasteiger partial charge in [-0.25, -0.2) is 8.42 Å². The van der Waals surface area contributed by atoms with Crippen molar-refractivity contribution in [2.75, 3.05) is 27.6 Å². The molecule has 0 unspecified atom stereocenters. The van der Waals surface area contributed by atoms with Crippen molar-refractivity contribution in [3.8, 4) is 0 Å². The van der Waals surface area contributed by atoms with Crippen molar-refractivity contribution in [1.29, 1.82) is 0 Å². The van der Waals surface area contributed by atoms with Gasteiger partial charge in [-0.15, -0.1) is 0 Å². The summed E-state index contributed by atoms with van der Waals surface area (Å²) in [6.07, 6.45) is 0.489. The Kier molecular flexibility index (Phi) is 4.25. The largest absolute Gasteiger partial charge is 0.323 e. The monoisotopic (exact) mass is 421 g/mol. The minimum absolute atomic E-state index is 0.0391. The fourth-order valence-corrected chi connectivity index (χ4v) is 5.91. The fraction of sp³-hybridized carbons (Fsp3) is 0.182. The van der Waals surface area contributed by atoms with Crippen molar-refractivity contribution < 1.29 is 18.0 Å². The maximum Gasteiger partial charge on any atom is 0.265 e. The molecule has 2 amide bonds. The molecule has 8 heteroatoms. The van der Waals surface area contributed by atoms with Crippen molar-refractivity contribution in [2.24, 2.45) is 0 Å². The van der Waals surface area contributed by atoms with E-state index in [2.05, 4.69) is 5.32 Å². The SMILES string of the molecule is O=C1CN(C(=O)CCCN2c3cccc4cccc(c34)S2(=O)=O)c2ccccc2N1. The molecule has 0 saturated carbocycles. The molecule has 30 heavy (non-hydrogen) atoms. The first-order valence-corrected chi connectivity index (χ1v) is 11.1. The molecule has 0 radical (unpaired) electrons. The third-order valence-corrected chi connectivity index (χ3v) is 7.36. The normalized spacial score (nSPS) is 16.5. The number of anilines is 3. The smallest absolute Gasteiger partial charge is 0.265 e. The van der Waals surface area contributed by atoms with Crippen LogP contribution in [0.15, 0.2) is 65.6 Å². The molecule has 3 aromatic rings. The summed E-state index contributed by atoms with van der Waals surface area (Å²) in [5, 5.41) is 4.36. The van der Waals surface area contributed by atoms with Crippen molar-refractivity contribution in [1.82, 2.24) is 0 Å². The van der Waals surface area contributed by atoms with Crippen LogP contribution in [0.4, 0.5) is 17.1 Å². The van der Waals surface area contributed by atoms with Gasteiger partial charge >= 0.3 is 0 Å². The molecule has 2 aliphatic heterocycles. The van der Waals surface area contributed by atoms with E-state index in [1.165, 1.54) is 9.21 Å². The van der Waals surface area contributed by atoms with E-state index in [1.54, 1.807) is 36.4 Å². The Morgan fingerprint density at radius 3 is 2.53 bits per heavy atom. The van der Waals surface area contributed by atoms with E-state index >= 15 is 0 Å². The molecule has 2 heterocycles. The van der Waals surface area contributed by atoms with Gasteiger partial charge in [-0.05, 0) is 36.1 Å². The zero-order valence-corrected chi connectivity index (χ0v) is 16.9. The Hall–Kier alpha value is -3.39. The maximum atomic E-state index is 13.0. The molecule has 152 valence electrons. The van der Waals surface area contributed by atoms with Crippen LogP contribution in [0.1, 0.15) is 12.8 Å². The number of amides is 2. The summed E-state index contributed by atoms with van der Waals surface area (Å²) < 4.78 is 27.4. The van der Waals surface area contributed by atoms with Gasteiger partial charge in [-0.1, -0.05) is 36.4 Å². The molecule has 0 fully saturated rings. The van der Waals surface area contributed by atoms with Gasteiger partial charge < -0.3 is 10.2 Å². The summed E-state index contributed by atoms with van der Waals surface area (Å²) in [5.74, 6) is -0.448. The lowest BCUT2D eigenvalue weighted by atomic mass is 10.1. The standard InChI is InChI=1S/C22H19N3O4S/c26-20-14-24(17-9-2-1-8-16(17)23-20)21(27)12-5-13-25-18-10-3-6-15-7-4-11-19(22(15)18)30(25,28)29/h1-4,6-11H,5,12-14H2,(H,23,26). The van der Waals surface area contributed by atoms with Crippen LogP contribution in [0.5, 0.6) is 0 Å². The van der Waals surface area contributed by atoms with Gasteiger partial charge in [0.1, 0.15) is 6.54 Å². The second-order valence-corrected chi connectivity index (χ2v) is 9.19. The average molecular weight is 421 g/mol. The highest BCUT2D eigenvalue weighted by molar-refractivity contribution is 7.93. The highest BCUT2D eigenvalue weighted by Gasteiger charge is 2.35. The molecule has 0 atom stereocenters. The lowest BCUT2D eigenvalue weighted by Crippen LogP contribution is -2.42. The lowest BCUT2D eigenvalue weighted by Gasteiger charge is -2.29. The molecule has 0 aliphatic carbocycles. The Morgan fingerprint density at radius 2 is 1.70 bits per heavy atom. The summed E-state index contributed by atoms with van der Waals surface area (Å²) in [4.78, 5) is 26.5. The van der Waals surface area contributed by atoms with Crippen molar-refractivity contribution in [3.05, 3.63) is 60.7 Å². The Bertz CT molecular complexity index is 1300. The van der Waals surface area contributed by atoms with E-state index in [0.29, 0.717) is 28.4 Å². The molecule has 0 aromatic heterocycles. The number of benzene rings is 3. The Labute approximate surface area is 174 Å². The number of nitrogens with one attached hydrogen (secondary N) is 1. The number of hydrogen-bond donors (Lipinski definition) is 1. The topological polar surface area (TPSA) is 86.8 Å². The first-order chi connectivity index (χ1) is 14.5. The maximum absolute atomic E-state index is 13.0. The van der Waals surface area contributed by atoms with Crippen LogP contribution >= 0.6 is 0 Å². The Morgan fingerprint density at radius 1 is 0.967 bits per heavy atom. The summed E-state index contributed by atoms with van der Waals surface area (Å²) in [6, 6.07) is 17.9. The number of carbonyl (C=O) groups is 2. The second kappa shape index (κ2) is 6.84. The quantitative estimate of drug-likeness (QED) is 0.701. The molecule has 0 bridgehead atoms. The third kappa shape index (κ3) is 2.83. The molecule has 7 nitrogen and oxygen atoms in total. The summed E-state index contributed by atoms with van der Waals surface area (Å²) in [7, 11) is -3.63. The van der Waals surface area contributed by atoms with Gasteiger partial charge in [0, 0.05) is 18.4 Å². The van der Waals surface area contributed by atoms with Crippen molar-refractivity contribution in [3.63, 3.8) is 0 Å². The molecule has 1 N–H and O–H groups in total. The van der Waals surface area contributed by atoms with Crippen LogP contribution in [-0.4, -0.2) is 33.3 Å². The summed E-state index contributed by atoms with van der Waals surface area (Å²) >= 11 is 0. The highest BCUT2D eigenvalue weighted by atomic mass is 32.2. The van der Waals surface area contributed by atoms with Gasteiger partial charge in [-0.2, -0.15) is 0 Å². The number of carbonyl (C=O) groups excluding carboxylic acids is 2. The predicted octanol–water partition coefficient (Wildman–Crippen LogP) is 3.11. The average Bonchev–Trinajstić information content (AvgIpc) is 2.96. The van der Waals surface area contributed by atoms with Crippen LogP contribution in [0, 0.1) is 0 Å². The van der Waals surface area contributed by atoms with Gasteiger partial charge in [0.15, 0.2) is 0 Å². The van der Waals surface area contributed by atoms with Crippen LogP contribution in [0.25, 0.3) is 10.8 Å². The zero-order chi connectivity index (χ0) is 20.9. The number of fused-ring (bicyclic) bond motifs is 1. The first kappa shape index (κ1) is 18.6. The van der Waals surface area contributed by atoms with Crippen molar-refractivity contribution >= 4 is 49.7 Å². The van der Waals surface area contributed by atoms with Crippen LogP contribution in [0.2, 0.25) is 0 Å². The van der Waals surface area contributed by atoms with Gasteiger partial charge in [-0.3, -0.25) is 13.9 Å². The van der Waals surface area contributed by atoms with Crippen molar-refractivity contribution in [2.45, 2.75) is 17.7 Å². The van der Waals surface area contributed by atoms with Gasteiger partial charge in [0.2, 0.25) is 11.8 Å². The molecule has 0 spiro atoms. The number of hydrogen-bond acceptors (Lipinski definition) is 4. The fourth-order valence-electron chi connectivity index (χ4n) is 4.16. The number of sulfonamides is 1. The third-order valence-electron chi connectivity index (χ3n) is 5.50. The molecular weight excluding hydrogens is 402 g/mol. The molecule has 2 aliphatic rings. The molecule has 3 aromatic carbocycles. The van der Waals surface area contributed by atoms with Gasteiger partial charge in [0.05, 0.1) is 22.0 Å². The van der Waals surface area contributed by atoms with Crippen LogP contribution in [0.3, 0.4) is 0 Å². The van der Waals surface area contributed by atoms with E-state index in [-0.39, 0.29) is 31.3 Å². The zero-order valence-electron chi connectivity index (χ0n) is 16.0. The lowest BCUT2D eigenvalue weighted by molar-refractivity contribution is -0.121. The minimum Gasteiger partial charge on any atom is -0.323 e. The first-order valence-electron chi connectivity index (χ1n) is 9.70. The minimum atomic E-state index is -3.63. The number of nitrogens with zero attached hydrogens (tertiary/aromatic N) is 2. The van der Waals surface area contributed by atoms with E-state index in [0.717, 1.165) is 10.8 Å². The number of para-hydroxylation sites is 2. The molecular formula is C22H19N3O4S. The second-order valence-electron chi connectivity index (χ2n) is 7.36. The van der Waals surface area contributed by atoms with Crippen LogP contribution < -0.4 is 14.5 Å². The van der Waals surface area contributed by atoms with Crippen LogP contribution in [-0.2, 0) is 19.6 Å².